The highest BCUT2D eigenvalue weighted by molar-refractivity contribution is 7.91. The van der Waals surface area contributed by atoms with Gasteiger partial charge in [0.15, 0.2) is 9.84 Å². The van der Waals surface area contributed by atoms with Gasteiger partial charge in [-0.05, 0) is 32.1 Å². The number of carbonyl (C=O) groups excluding carboxylic acids is 1. The van der Waals surface area contributed by atoms with E-state index in [4.69, 9.17) is 0 Å². The first kappa shape index (κ1) is 20.8. The van der Waals surface area contributed by atoms with Gasteiger partial charge in [-0.1, -0.05) is 19.3 Å². The third kappa shape index (κ3) is 4.08. The van der Waals surface area contributed by atoms with E-state index in [0.29, 0.717) is 6.42 Å². The fourth-order valence-electron chi connectivity index (χ4n) is 4.73. The van der Waals surface area contributed by atoms with Crippen molar-refractivity contribution in [2.24, 2.45) is 0 Å². The molecule has 0 aromatic carbocycles. The molecule has 1 atom stereocenters. The second-order valence-electron chi connectivity index (χ2n) is 8.62. The summed E-state index contributed by atoms with van der Waals surface area (Å²) in [6, 6.07) is 1.28. The number of nitriles is 1. The number of rotatable bonds is 5. The predicted molar refractivity (Wildman–Crippen MR) is 109 cm³/mol. The molecule has 1 unspecified atom stereocenters. The summed E-state index contributed by atoms with van der Waals surface area (Å²) in [6.07, 6.45) is 7.85. The van der Waals surface area contributed by atoms with Crippen LogP contribution in [0.5, 0.6) is 0 Å². The van der Waals surface area contributed by atoms with Gasteiger partial charge in [-0.15, -0.1) is 0 Å². The van der Waals surface area contributed by atoms with Gasteiger partial charge in [0.2, 0.25) is 5.91 Å². The molecule has 9 nitrogen and oxygen atoms in total. The lowest BCUT2D eigenvalue weighted by molar-refractivity contribution is -0.137. The van der Waals surface area contributed by atoms with E-state index < -0.39 is 39.6 Å². The number of hydrogen-bond acceptors (Lipinski definition) is 6. The summed E-state index contributed by atoms with van der Waals surface area (Å²) in [5.74, 6) is -0.443. The molecule has 3 aliphatic rings. The van der Waals surface area contributed by atoms with Gasteiger partial charge in [-0.25, -0.2) is 17.8 Å². The summed E-state index contributed by atoms with van der Waals surface area (Å²) >= 11 is 0. The lowest BCUT2D eigenvalue weighted by atomic mass is 9.93. The zero-order valence-corrected chi connectivity index (χ0v) is 17.6. The third-order valence-electron chi connectivity index (χ3n) is 6.41. The van der Waals surface area contributed by atoms with Crippen LogP contribution in [0.2, 0.25) is 0 Å². The highest BCUT2D eigenvalue weighted by Gasteiger charge is 2.39. The van der Waals surface area contributed by atoms with Gasteiger partial charge in [-0.3, -0.25) is 14.2 Å². The minimum absolute atomic E-state index is 0.0408. The smallest absolute Gasteiger partial charge is 0.331 e. The van der Waals surface area contributed by atoms with Gasteiger partial charge in [0.1, 0.15) is 18.2 Å². The van der Waals surface area contributed by atoms with E-state index in [1.165, 1.54) is 10.8 Å². The summed E-state index contributed by atoms with van der Waals surface area (Å²) < 4.78 is 26.3. The molecule has 2 aliphatic carbocycles. The quantitative estimate of drug-likeness (QED) is 0.667. The molecule has 0 bridgehead atoms. The monoisotopic (exact) mass is 434 g/mol. The van der Waals surface area contributed by atoms with Gasteiger partial charge >= 0.3 is 5.69 Å². The summed E-state index contributed by atoms with van der Waals surface area (Å²) in [4.78, 5) is 40.5. The molecule has 0 spiro atoms. The summed E-state index contributed by atoms with van der Waals surface area (Å²) in [6.45, 7) is -0.465. The molecule has 1 aromatic rings. The Morgan fingerprint density at radius 1 is 1.10 bits per heavy atom. The van der Waals surface area contributed by atoms with Crippen LogP contribution in [0.15, 0.2) is 15.8 Å². The van der Waals surface area contributed by atoms with E-state index in [1.807, 2.05) is 6.07 Å². The zero-order valence-electron chi connectivity index (χ0n) is 16.8. The van der Waals surface area contributed by atoms with Crippen LogP contribution in [0.4, 0.5) is 0 Å². The first-order valence-corrected chi connectivity index (χ1v) is 12.4. The van der Waals surface area contributed by atoms with Crippen LogP contribution in [0.3, 0.4) is 0 Å². The standard InChI is InChI=1S/C20H26N4O5S/c21-10-14-11-22(15-6-7-15)20(27)23(19(14)26)12-18(25)24(16-4-2-1-3-5-16)17-8-9-30(28,29)13-17/h11,15-17H,1-9,12-13H2. The Kier molecular flexibility index (Phi) is 5.57. The normalized spacial score (nSPS) is 23.8. The maximum Gasteiger partial charge on any atom is 0.331 e. The Morgan fingerprint density at radius 3 is 2.37 bits per heavy atom. The molecule has 0 N–H and O–H groups in total. The maximum atomic E-state index is 13.4. The van der Waals surface area contributed by atoms with Gasteiger partial charge in [0.25, 0.3) is 5.56 Å². The van der Waals surface area contributed by atoms with Crippen LogP contribution in [-0.4, -0.2) is 51.9 Å². The van der Waals surface area contributed by atoms with E-state index in [0.717, 1.165) is 49.5 Å². The molecular formula is C20H26N4O5S. The molecule has 2 heterocycles. The molecule has 1 saturated heterocycles. The Bertz CT molecular complexity index is 1100. The average molecular weight is 435 g/mol. The van der Waals surface area contributed by atoms with Crippen LogP contribution in [0, 0.1) is 11.3 Å². The van der Waals surface area contributed by atoms with Crippen LogP contribution in [0.25, 0.3) is 0 Å². The molecular weight excluding hydrogens is 408 g/mol. The maximum absolute atomic E-state index is 13.4. The number of nitrogens with zero attached hydrogens (tertiary/aromatic N) is 4. The predicted octanol–water partition coefficient (Wildman–Crippen LogP) is 0.565. The van der Waals surface area contributed by atoms with Crippen LogP contribution in [-0.2, 0) is 21.2 Å². The van der Waals surface area contributed by atoms with E-state index in [9.17, 15) is 28.1 Å². The molecule has 1 aromatic heterocycles. The molecule has 30 heavy (non-hydrogen) atoms. The number of amides is 1. The van der Waals surface area contributed by atoms with Crippen molar-refractivity contribution in [2.45, 2.75) is 76.0 Å². The topological polar surface area (TPSA) is 122 Å². The van der Waals surface area contributed by atoms with Crippen molar-refractivity contribution in [1.82, 2.24) is 14.0 Å². The molecule has 1 aliphatic heterocycles. The molecule has 1 amide bonds. The van der Waals surface area contributed by atoms with Crippen LogP contribution in [0.1, 0.15) is 63.0 Å². The fourth-order valence-corrected chi connectivity index (χ4v) is 6.44. The minimum Gasteiger partial charge on any atom is -0.334 e. The van der Waals surface area contributed by atoms with E-state index in [-0.39, 0.29) is 29.2 Å². The second-order valence-corrected chi connectivity index (χ2v) is 10.8. The van der Waals surface area contributed by atoms with E-state index in [1.54, 1.807) is 4.90 Å². The van der Waals surface area contributed by atoms with Gasteiger partial charge in [0.05, 0.1) is 11.5 Å². The Balaban J connectivity index is 1.67. The van der Waals surface area contributed by atoms with Gasteiger partial charge in [-0.2, -0.15) is 5.26 Å². The third-order valence-corrected chi connectivity index (χ3v) is 8.16. The van der Waals surface area contributed by atoms with Crippen molar-refractivity contribution >= 4 is 15.7 Å². The number of sulfone groups is 1. The van der Waals surface area contributed by atoms with E-state index in [2.05, 4.69) is 0 Å². The second kappa shape index (κ2) is 8.02. The number of carbonyl (C=O) groups is 1. The SMILES string of the molecule is N#Cc1cn(C2CC2)c(=O)n(CC(=O)N(C2CCCCC2)C2CCS(=O)(=O)C2)c1=O. The van der Waals surface area contributed by atoms with E-state index >= 15 is 0 Å². The van der Waals surface area contributed by atoms with Crippen molar-refractivity contribution in [3.8, 4) is 6.07 Å². The Labute approximate surface area is 174 Å². The van der Waals surface area contributed by atoms with Crippen molar-refractivity contribution in [1.29, 1.82) is 5.26 Å². The highest BCUT2D eigenvalue weighted by Crippen LogP contribution is 2.33. The van der Waals surface area contributed by atoms with Crippen LogP contribution >= 0.6 is 0 Å². The lowest BCUT2D eigenvalue weighted by Crippen LogP contribution is -2.52. The largest absolute Gasteiger partial charge is 0.334 e. The van der Waals surface area contributed by atoms with Crippen LogP contribution < -0.4 is 11.2 Å². The molecule has 162 valence electrons. The molecule has 4 rings (SSSR count). The minimum atomic E-state index is -3.19. The van der Waals surface area contributed by atoms with Crippen molar-refractivity contribution < 1.29 is 13.2 Å². The Hall–Kier alpha value is -2.41. The summed E-state index contributed by atoms with van der Waals surface area (Å²) in [5, 5.41) is 9.30. The average Bonchev–Trinajstić information content (AvgIpc) is 3.49. The first-order valence-electron chi connectivity index (χ1n) is 10.6. The molecule has 0 radical (unpaired) electrons. The molecule has 2 saturated carbocycles. The first-order chi connectivity index (χ1) is 14.3. The number of hydrogen-bond donors (Lipinski definition) is 0. The van der Waals surface area contributed by atoms with Crippen molar-refractivity contribution in [3.63, 3.8) is 0 Å². The summed E-state index contributed by atoms with van der Waals surface area (Å²) in [7, 11) is -3.19. The van der Waals surface area contributed by atoms with Crippen molar-refractivity contribution in [2.75, 3.05) is 11.5 Å². The highest BCUT2D eigenvalue weighted by atomic mass is 32.2. The summed E-state index contributed by atoms with van der Waals surface area (Å²) in [5.41, 5.74) is -1.52. The van der Waals surface area contributed by atoms with Gasteiger partial charge in [0, 0.05) is 24.3 Å². The fraction of sp³-hybridized carbons (Fsp3) is 0.700. The van der Waals surface area contributed by atoms with Gasteiger partial charge < -0.3 is 4.90 Å². The molecule has 10 heteroatoms. The molecule has 3 fully saturated rings. The zero-order chi connectivity index (χ0) is 21.5. The van der Waals surface area contributed by atoms with Crippen molar-refractivity contribution in [3.05, 3.63) is 32.6 Å². The lowest BCUT2D eigenvalue weighted by Gasteiger charge is -2.38. The Morgan fingerprint density at radius 2 is 1.80 bits per heavy atom. The number of aromatic nitrogens is 2.